The molecule has 0 spiro atoms. The molecule has 5 rings (SSSR count). The average molecular weight is 411 g/mol. The largest absolute Gasteiger partial charge is 0.497 e. The van der Waals surface area contributed by atoms with E-state index >= 15 is 0 Å². The third-order valence-corrected chi connectivity index (χ3v) is 6.31. The molecule has 1 unspecified atom stereocenters. The monoisotopic (exact) mass is 410 g/mol. The average Bonchev–Trinajstić information content (AvgIpc) is 3.07. The Hall–Kier alpha value is -2.66. The van der Waals surface area contributed by atoms with Crippen LogP contribution in [0.25, 0.3) is 10.9 Å². The van der Waals surface area contributed by atoms with Gasteiger partial charge >= 0.3 is 6.09 Å². The van der Waals surface area contributed by atoms with E-state index < -0.39 is 0 Å². The van der Waals surface area contributed by atoms with Crippen LogP contribution in [0.15, 0.2) is 42.5 Å². The number of hydrogen-bond acceptors (Lipinski definition) is 3. The Bertz CT molecular complexity index is 1060. The van der Waals surface area contributed by atoms with Crippen LogP contribution >= 0.6 is 11.6 Å². The summed E-state index contributed by atoms with van der Waals surface area (Å²) in [7, 11) is 1.65. The molecule has 1 amide bonds. The summed E-state index contributed by atoms with van der Waals surface area (Å²) in [6.07, 6.45) is 3.64. The fourth-order valence-corrected chi connectivity index (χ4v) is 4.46. The molecular formula is C23H23ClN2O3. The van der Waals surface area contributed by atoms with Crippen molar-refractivity contribution in [1.82, 2.24) is 9.88 Å². The second kappa shape index (κ2) is 7.30. The zero-order valence-corrected chi connectivity index (χ0v) is 17.0. The molecule has 1 aliphatic carbocycles. The number of methoxy groups -OCH3 is 1. The predicted octanol–water partition coefficient (Wildman–Crippen LogP) is 5.47. The Morgan fingerprint density at radius 1 is 1.17 bits per heavy atom. The smallest absolute Gasteiger partial charge is 0.410 e. The molecule has 6 heteroatoms. The van der Waals surface area contributed by atoms with Crippen LogP contribution in [0.3, 0.4) is 0 Å². The molecule has 1 aliphatic heterocycles. The van der Waals surface area contributed by atoms with Crippen molar-refractivity contribution in [3.8, 4) is 5.75 Å². The van der Waals surface area contributed by atoms with Gasteiger partial charge in [-0.05, 0) is 67.1 Å². The van der Waals surface area contributed by atoms with Crippen molar-refractivity contribution in [2.75, 3.05) is 13.7 Å². The lowest BCUT2D eigenvalue weighted by atomic mass is 9.92. The highest BCUT2D eigenvalue weighted by Crippen LogP contribution is 2.40. The lowest BCUT2D eigenvalue weighted by molar-refractivity contribution is 0.0198. The normalized spacial score (nSPS) is 19.0. The number of fused-ring (bicyclic) bond motifs is 3. The van der Waals surface area contributed by atoms with Gasteiger partial charge in [0.05, 0.1) is 7.11 Å². The number of hydrogen-bond donors (Lipinski definition) is 1. The number of carbonyl (C=O) groups excluding carboxylic acids is 1. The summed E-state index contributed by atoms with van der Waals surface area (Å²) >= 11 is 6.25. The van der Waals surface area contributed by atoms with Crippen LogP contribution in [-0.2, 0) is 11.2 Å². The molecule has 0 radical (unpaired) electrons. The van der Waals surface area contributed by atoms with E-state index in [1.165, 1.54) is 5.56 Å². The van der Waals surface area contributed by atoms with Crippen molar-refractivity contribution in [2.24, 2.45) is 0 Å². The van der Waals surface area contributed by atoms with Crippen molar-refractivity contribution >= 4 is 28.6 Å². The summed E-state index contributed by atoms with van der Waals surface area (Å²) in [6, 6.07) is 13.5. The van der Waals surface area contributed by atoms with E-state index in [2.05, 4.69) is 4.98 Å². The third kappa shape index (κ3) is 3.23. The second-order valence-electron chi connectivity index (χ2n) is 7.76. The van der Waals surface area contributed by atoms with Crippen LogP contribution in [0.2, 0.25) is 5.02 Å². The summed E-state index contributed by atoms with van der Waals surface area (Å²) in [4.78, 5) is 18.4. The van der Waals surface area contributed by atoms with E-state index in [4.69, 9.17) is 21.1 Å². The fraction of sp³-hybridized carbons (Fsp3) is 0.348. The van der Waals surface area contributed by atoms with Gasteiger partial charge in [0.25, 0.3) is 0 Å². The minimum absolute atomic E-state index is 0.0573. The fourth-order valence-electron chi connectivity index (χ4n) is 4.29. The third-order valence-electron chi connectivity index (χ3n) is 6.07. The first-order valence-corrected chi connectivity index (χ1v) is 10.4. The SMILES string of the molecule is COc1ccc(C2c3[nH]c4ccc(Cl)cc4c3CCN2C(=O)OC2CCC2)cc1. The summed E-state index contributed by atoms with van der Waals surface area (Å²) < 4.78 is 11.1. The minimum atomic E-state index is -0.238. The van der Waals surface area contributed by atoms with Gasteiger partial charge in [-0.15, -0.1) is 0 Å². The molecule has 2 heterocycles. The number of aromatic nitrogens is 1. The van der Waals surface area contributed by atoms with E-state index in [0.717, 1.165) is 53.6 Å². The molecule has 1 N–H and O–H groups in total. The van der Waals surface area contributed by atoms with Gasteiger partial charge in [-0.25, -0.2) is 4.79 Å². The van der Waals surface area contributed by atoms with Crippen LogP contribution in [0.4, 0.5) is 4.79 Å². The molecule has 150 valence electrons. The molecule has 2 aromatic carbocycles. The predicted molar refractivity (Wildman–Crippen MR) is 113 cm³/mol. The van der Waals surface area contributed by atoms with Gasteiger partial charge in [0, 0.05) is 28.2 Å². The number of amides is 1. The van der Waals surface area contributed by atoms with E-state index in [0.29, 0.717) is 11.6 Å². The van der Waals surface area contributed by atoms with Crippen molar-refractivity contribution < 1.29 is 14.3 Å². The second-order valence-corrected chi connectivity index (χ2v) is 8.20. The molecule has 29 heavy (non-hydrogen) atoms. The number of ether oxygens (including phenoxy) is 2. The highest BCUT2D eigenvalue weighted by Gasteiger charge is 2.37. The maximum atomic E-state index is 13.0. The first-order chi connectivity index (χ1) is 14.1. The topological polar surface area (TPSA) is 54.6 Å². The molecule has 1 atom stereocenters. The van der Waals surface area contributed by atoms with Crippen LogP contribution in [0.1, 0.15) is 42.1 Å². The quantitative estimate of drug-likeness (QED) is 0.623. The molecule has 1 aromatic heterocycles. The summed E-state index contributed by atoms with van der Waals surface area (Å²) in [5.74, 6) is 0.789. The number of nitrogens with one attached hydrogen (secondary N) is 1. The van der Waals surface area contributed by atoms with Gasteiger partial charge in [0.15, 0.2) is 0 Å². The molecule has 0 bridgehead atoms. The Balaban J connectivity index is 1.59. The Kier molecular flexibility index (Phi) is 4.63. The molecule has 3 aromatic rings. The maximum absolute atomic E-state index is 13.0. The lowest BCUT2D eigenvalue weighted by Gasteiger charge is -2.37. The van der Waals surface area contributed by atoms with Gasteiger partial charge in [-0.2, -0.15) is 0 Å². The molecule has 1 saturated carbocycles. The number of carbonyl (C=O) groups is 1. The Morgan fingerprint density at radius 2 is 1.97 bits per heavy atom. The number of rotatable bonds is 3. The minimum Gasteiger partial charge on any atom is -0.497 e. The van der Waals surface area contributed by atoms with E-state index in [1.807, 2.05) is 47.4 Å². The highest BCUT2D eigenvalue weighted by molar-refractivity contribution is 6.31. The lowest BCUT2D eigenvalue weighted by Crippen LogP contribution is -2.43. The number of benzene rings is 2. The Morgan fingerprint density at radius 3 is 2.66 bits per heavy atom. The van der Waals surface area contributed by atoms with Gasteiger partial charge in [-0.1, -0.05) is 23.7 Å². The number of halogens is 1. The summed E-state index contributed by atoms with van der Waals surface area (Å²) in [5, 5.41) is 1.84. The summed E-state index contributed by atoms with van der Waals surface area (Å²) in [5.41, 5.74) is 4.31. The number of H-pyrrole nitrogens is 1. The highest BCUT2D eigenvalue weighted by atomic mass is 35.5. The Labute approximate surface area is 174 Å². The summed E-state index contributed by atoms with van der Waals surface area (Å²) in [6.45, 7) is 0.606. The first-order valence-electron chi connectivity index (χ1n) is 10.1. The molecular weight excluding hydrogens is 388 g/mol. The molecule has 5 nitrogen and oxygen atoms in total. The van der Waals surface area contributed by atoms with E-state index in [9.17, 15) is 4.79 Å². The number of nitrogens with zero attached hydrogens (tertiary/aromatic N) is 1. The standard InChI is InChI=1S/C23H23ClN2O3/c1-28-16-8-5-14(6-9-16)22-21-18(19-13-15(24)7-10-20(19)25-21)11-12-26(22)23(27)29-17-3-2-4-17/h5-10,13,17,22,25H,2-4,11-12H2,1H3. The van der Waals surface area contributed by atoms with E-state index in [-0.39, 0.29) is 18.2 Å². The van der Waals surface area contributed by atoms with Crippen molar-refractivity contribution in [3.63, 3.8) is 0 Å². The van der Waals surface area contributed by atoms with Crippen LogP contribution in [0.5, 0.6) is 5.75 Å². The van der Waals surface area contributed by atoms with Crippen molar-refractivity contribution in [2.45, 2.75) is 37.8 Å². The molecule has 0 saturated heterocycles. The maximum Gasteiger partial charge on any atom is 0.410 e. The van der Waals surface area contributed by atoms with Gasteiger partial charge in [-0.3, -0.25) is 4.90 Å². The molecule has 1 fully saturated rings. The van der Waals surface area contributed by atoms with Gasteiger partial charge in [0.2, 0.25) is 0 Å². The van der Waals surface area contributed by atoms with Crippen molar-refractivity contribution in [3.05, 3.63) is 64.3 Å². The van der Waals surface area contributed by atoms with Crippen LogP contribution in [0, 0.1) is 0 Å². The zero-order valence-electron chi connectivity index (χ0n) is 16.3. The van der Waals surface area contributed by atoms with E-state index in [1.54, 1.807) is 7.11 Å². The van der Waals surface area contributed by atoms with Gasteiger partial charge in [0.1, 0.15) is 17.9 Å². The zero-order chi connectivity index (χ0) is 20.0. The van der Waals surface area contributed by atoms with Crippen LogP contribution in [-0.4, -0.2) is 35.7 Å². The molecule has 2 aliphatic rings. The first kappa shape index (κ1) is 18.4. The van der Waals surface area contributed by atoms with Crippen molar-refractivity contribution in [1.29, 1.82) is 0 Å². The van der Waals surface area contributed by atoms with Crippen LogP contribution < -0.4 is 4.74 Å². The van der Waals surface area contributed by atoms with Gasteiger partial charge < -0.3 is 14.5 Å². The number of aromatic amines is 1.